The highest BCUT2D eigenvalue weighted by Gasteiger charge is 2.01. The summed E-state index contributed by atoms with van der Waals surface area (Å²) in [5.41, 5.74) is 3.39. The number of methoxy groups -OCH3 is 1. The standard InChI is InChI=1S/C15H17NO2/c1-18-11-13-5-3-2-4-12(13)10-16-14-6-8-15(17)9-7-14/h2-9,16-17H,10-11H2,1H3. The minimum absolute atomic E-state index is 0.278. The van der Waals surface area contributed by atoms with E-state index in [2.05, 4.69) is 17.4 Å². The molecule has 18 heavy (non-hydrogen) atoms. The van der Waals surface area contributed by atoms with Crippen LogP contribution in [0.1, 0.15) is 11.1 Å². The van der Waals surface area contributed by atoms with Gasteiger partial charge >= 0.3 is 0 Å². The number of rotatable bonds is 5. The van der Waals surface area contributed by atoms with Crippen LogP contribution in [-0.2, 0) is 17.9 Å². The highest BCUT2D eigenvalue weighted by molar-refractivity contribution is 5.46. The van der Waals surface area contributed by atoms with E-state index in [0.29, 0.717) is 6.61 Å². The minimum atomic E-state index is 0.278. The number of aromatic hydroxyl groups is 1. The van der Waals surface area contributed by atoms with Crippen LogP contribution < -0.4 is 5.32 Å². The van der Waals surface area contributed by atoms with Crippen molar-refractivity contribution in [3.8, 4) is 5.75 Å². The molecule has 0 bridgehead atoms. The monoisotopic (exact) mass is 243 g/mol. The summed E-state index contributed by atoms with van der Waals surface area (Å²) in [7, 11) is 1.70. The highest BCUT2D eigenvalue weighted by Crippen LogP contribution is 2.16. The topological polar surface area (TPSA) is 41.5 Å². The van der Waals surface area contributed by atoms with Gasteiger partial charge in [0.25, 0.3) is 0 Å². The van der Waals surface area contributed by atoms with E-state index in [0.717, 1.165) is 12.2 Å². The summed E-state index contributed by atoms with van der Waals surface area (Å²) in [6, 6.07) is 15.2. The van der Waals surface area contributed by atoms with Crippen molar-refractivity contribution in [2.75, 3.05) is 12.4 Å². The second-order valence-corrected chi connectivity index (χ2v) is 4.10. The summed E-state index contributed by atoms with van der Waals surface area (Å²) in [6.45, 7) is 1.36. The van der Waals surface area contributed by atoms with Crippen LogP contribution in [0.3, 0.4) is 0 Å². The Morgan fingerprint density at radius 3 is 2.33 bits per heavy atom. The predicted molar refractivity (Wildman–Crippen MR) is 72.6 cm³/mol. The van der Waals surface area contributed by atoms with Crippen molar-refractivity contribution in [2.24, 2.45) is 0 Å². The van der Waals surface area contributed by atoms with Crippen LogP contribution in [0.15, 0.2) is 48.5 Å². The first-order valence-corrected chi connectivity index (χ1v) is 5.88. The fourth-order valence-corrected chi connectivity index (χ4v) is 1.80. The number of ether oxygens (including phenoxy) is 1. The fraction of sp³-hybridized carbons (Fsp3) is 0.200. The SMILES string of the molecule is COCc1ccccc1CNc1ccc(O)cc1. The normalized spacial score (nSPS) is 10.3. The molecule has 2 aromatic carbocycles. The number of phenols is 1. The molecule has 0 heterocycles. The van der Waals surface area contributed by atoms with Crippen LogP contribution in [0.2, 0.25) is 0 Å². The second-order valence-electron chi connectivity index (χ2n) is 4.10. The molecule has 0 aliphatic rings. The van der Waals surface area contributed by atoms with Gasteiger partial charge in [-0.2, -0.15) is 0 Å². The smallest absolute Gasteiger partial charge is 0.115 e. The molecule has 0 saturated carbocycles. The van der Waals surface area contributed by atoms with Gasteiger partial charge in [-0.25, -0.2) is 0 Å². The lowest BCUT2D eigenvalue weighted by atomic mass is 10.1. The molecule has 0 radical (unpaired) electrons. The van der Waals surface area contributed by atoms with E-state index < -0.39 is 0 Å². The molecule has 0 aliphatic heterocycles. The summed E-state index contributed by atoms with van der Waals surface area (Å²) in [6.07, 6.45) is 0. The Hall–Kier alpha value is -2.00. The average molecular weight is 243 g/mol. The third-order valence-corrected chi connectivity index (χ3v) is 2.77. The molecule has 0 fully saturated rings. The minimum Gasteiger partial charge on any atom is -0.508 e. The quantitative estimate of drug-likeness (QED) is 0.793. The Labute approximate surface area is 107 Å². The number of hydrogen-bond acceptors (Lipinski definition) is 3. The van der Waals surface area contributed by atoms with Gasteiger partial charge in [0.1, 0.15) is 5.75 Å². The second kappa shape index (κ2) is 6.07. The van der Waals surface area contributed by atoms with Crippen molar-refractivity contribution in [3.05, 3.63) is 59.7 Å². The van der Waals surface area contributed by atoms with E-state index in [-0.39, 0.29) is 5.75 Å². The first-order valence-electron chi connectivity index (χ1n) is 5.88. The van der Waals surface area contributed by atoms with Crippen molar-refractivity contribution in [2.45, 2.75) is 13.2 Å². The maximum atomic E-state index is 9.21. The van der Waals surface area contributed by atoms with Crippen LogP contribution in [0.5, 0.6) is 5.75 Å². The van der Waals surface area contributed by atoms with E-state index in [9.17, 15) is 5.11 Å². The molecule has 3 heteroatoms. The number of hydrogen-bond donors (Lipinski definition) is 2. The van der Waals surface area contributed by atoms with Crippen LogP contribution in [0.4, 0.5) is 5.69 Å². The van der Waals surface area contributed by atoms with Crippen LogP contribution >= 0.6 is 0 Å². The zero-order valence-corrected chi connectivity index (χ0v) is 10.4. The molecule has 0 atom stereocenters. The summed E-state index contributed by atoms with van der Waals surface area (Å²) < 4.78 is 5.18. The lowest BCUT2D eigenvalue weighted by molar-refractivity contribution is 0.184. The summed E-state index contributed by atoms with van der Waals surface area (Å²) in [5.74, 6) is 0.278. The molecule has 2 aromatic rings. The zero-order chi connectivity index (χ0) is 12.8. The Kier molecular flexibility index (Phi) is 4.20. The Balaban J connectivity index is 2.03. The fourth-order valence-electron chi connectivity index (χ4n) is 1.80. The van der Waals surface area contributed by atoms with Gasteiger partial charge in [0.05, 0.1) is 6.61 Å². The number of phenolic OH excluding ortho intramolecular Hbond substituents is 1. The van der Waals surface area contributed by atoms with Crippen molar-refractivity contribution in [1.82, 2.24) is 0 Å². The van der Waals surface area contributed by atoms with Crippen LogP contribution in [-0.4, -0.2) is 12.2 Å². The third kappa shape index (κ3) is 3.25. The highest BCUT2D eigenvalue weighted by atomic mass is 16.5. The molecule has 0 aliphatic carbocycles. The Bertz CT molecular complexity index is 494. The van der Waals surface area contributed by atoms with E-state index >= 15 is 0 Å². The molecule has 0 amide bonds. The predicted octanol–water partition coefficient (Wildman–Crippen LogP) is 3.15. The summed E-state index contributed by atoms with van der Waals surface area (Å²) in [5, 5.41) is 12.5. The van der Waals surface area contributed by atoms with Gasteiger partial charge in [0.15, 0.2) is 0 Å². The first-order chi connectivity index (χ1) is 8.79. The number of nitrogens with one attached hydrogen (secondary N) is 1. The molecular formula is C15H17NO2. The van der Waals surface area contributed by atoms with Gasteiger partial charge in [-0.3, -0.25) is 0 Å². The molecule has 0 aromatic heterocycles. The molecule has 0 unspecified atom stereocenters. The lowest BCUT2D eigenvalue weighted by Crippen LogP contribution is -2.03. The third-order valence-electron chi connectivity index (χ3n) is 2.77. The summed E-state index contributed by atoms with van der Waals surface area (Å²) in [4.78, 5) is 0. The largest absolute Gasteiger partial charge is 0.508 e. The molecule has 0 saturated heterocycles. The van der Waals surface area contributed by atoms with E-state index in [1.807, 2.05) is 24.3 Å². The first kappa shape index (κ1) is 12.5. The molecule has 0 spiro atoms. The number of anilines is 1. The van der Waals surface area contributed by atoms with Crippen LogP contribution in [0, 0.1) is 0 Å². The van der Waals surface area contributed by atoms with E-state index in [1.54, 1.807) is 19.2 Å². The average Bonchev–Trinajstić information content (AvgIpc) is 2.40. The number of benzene rings is 2. The lowest BCUT2D eigenvalue weighted by Gasteiger charge is -2.11. The van der Waals surface area contributed by atoms with Gasteiger partial charge in [0, 0.05) is 19.3 Å². The van der Waals surface area contributed by atoms with Crippen molar-refractivity contribution >= 4 is 5.69 Å². The van der Waals surface area contributed by atoms with Crippen molar-refractivity contribution in [1.29, 1.82) is 0 Å². The van der Waals surface area contributed by atoms with Gasteiger partial charge in [-0.15, -0.1) is 0 Å². The van der Waals surface area contributed by atoms with Crippen molar-refractivity contribution in [3.63, 3.8) is 0 Å². The molecule has 94 valence electrons. The zero-order valence-electron chi connectivity index (χ0n) is 10.4. The Morgan fingerprint density at radius 2 is 1.67 bits per heavy atom. The van der Waals surface area contributed by atoms with E-state index in [4.69, 9.17) is 4.74 Å². The van der Waals surface area contributed by atoms with Crippen LogP contribution in [0.25, 0.3) is 0 Å². The summed E-state index contributed by atoms with van der Waals surface area (Å²) >= 11 is 0. The maximum Gasteiger partial charge on any atom is 0.115 e. The maximum absolute atomic E-state index is 9.21. The van der Waals surface area contributed by atoms with Gasteiger partial charge < -0.3 is 15.2 Å². The van der Waals surface area contributed by atoms with Crippen molar-refractivity contribution < 1.29 is 9.84 Å². The Morgan fingerprint density at radius 1 is 1.00 bits per heavy atom. The van der Waals surface area contributed by atoms with Gasteiger partial charge in [-0.1, -0.05) is 24.3 Å². The molecule has 2 N–H and O–H groups in total. The molecule has 3 nitrogen and oxygen atoms in total. The van der Waals surface area contributed by atoms with E-state index in [1.165, 1.54) is 11.1 Å². The molecule has 2 rings (SSSR count). The van der Waals surface area contributed by atoms with Gasteiger partial charge in [-0.05, 0) is 35.4 Å². The van der Waals surface area contributed by atoms with Gasteiger partial charge in [0.2, 0.25) is 0 Å². The molecular weight excluding hydrogens is 226 g/mol.